The molecule has 0 spiro atoms. The lowest BCUT2D eigenvalue weighted by atomic mass is 9.85. The van der Waals surface area contributed by atoms with Gasteiger partial charge in [0.2, 0.25) is 0 Å². The zero-order chi connectivity index (χ0) is 37.7. The fraction of sp³-hybridized carbons (Fsp3) is 0.0192. The largest absolute Gasteiger partial charge is 0.354 e. The van der Waals surface area contributed by atoms with Crippen molar-refractivity contribution >= 4 is 28.6 Å². The maximum atomic E-state index is 5.15. The van der Waals surface area contributed by atoms with Gasteiger partial charge in [-0.1, -0.05) is 194 Å². The van der Waals surface area contributed by atoms with Gasteiger partial charge in [-0.2, -0.15) is 0 Å². The minimum absolute atomic E-state index is 0.608. The standard InChI is InChI=1S/C52H38N4/c1-2-45(38-20-10-4-11-21-38)48(40-24-14-6-15-25-40)49-46-34-44(33-32-43(46)35-47(53-49)39-22-12-5-13-23-39)52-55-50(41-26-16-7-17-27-41)54-51(56-52)42-30-28-37(29-31-42)36-18-8-3-9-19-36/h2-35,53H,1H3/b45-2+,49-48-. The molecule has 0 saturated heterocycles. The Kier molecular flexibility index (Phi) is 9.51. The molecule has 4 heteroatoms. The third-order valence-corrected chi connectivity index (χ3v) is 10.1. The number of allylic oxidation sites excluding steroid dienone is 3. The Labute approximate surface area is 328 Å². The van der Waals surface area contributed by atoms with Crippen LogP contribution in [0.3, 0.4) is 0 Å². The molecule has 0 atom stereocenters. The molecule has 1 aromatic heterocycles. The van der Waals surface area contributed by atoms with Crippen LogP contribution in [-0.2, 0) is 0 Å². The lowest BCUT2D eigenvalue weighted by Gasteiger charge is -2.27. The van der Waals surface area contributed by atoms with Crippen molar-refractivity contribution in [3.05, 3.63) is 228 Å². The Morgan fingerprint density at radius 2 is 0.857 bits per heavy atom. The van der Waals surface area contributed by atoms with E-state index in [-0.39, 0.29) is 0 Å². The van der Waals surface area contributed by atoms with Crippen LogP contribution in [0, 0.1) is 0 Å². The average molecular weight is 719 g/mol. The molecule has 0 amide bonds. The third-order valence-electron chi connectivity index (χ3n) is 10.1. The number of nitrogens with one attached hydrogen (secondary N) is 1. The van der Waals surface area contributed by atoms with Crippen LogP contribution in [0.25, 0.3) is 73.9 Å². The van der Waals surface area contributed by atoms with Crippen molar-refractivity contribution < 1.29 is 0 Å². The van der Waals surface area contributed by atoms with E-state index in [1.807, 2.05) is 36.4 Å². The van der Waals surface area contributed by atoms with Gasteiger partial charge in [-0.3, -0.25) is 0 Å². The molecule has 7 aromatic carbocycles. The number of rotatable bonds is 8. The van der Waals surface area contributed by atoms with E-state index >= 15 is 0 Å². The van der Waals surface area contributed by atoms with Gasteiger partial charge >= 0.3 is 0 Å². The molecular weight excluding hydrogens is 681 g/mol. The van der Waals surface area contributed by atoms with Crippen molar-refractivity contribution in [2.24, 2.45) is 0 Å². The van der Waals surface area contributed by atoms with Crippen molar-refractivity contribution in [3.63, 3.8) is 0 Å². The molecule has 0 fully saturated rings. The minimum atomic E-state index is 0.608. The van der Waals surface area contributed by atoms with E-state index in [1.165, 1.54) is 5.56 Å². The Morgan fingerprint density at radius 1 is 0.429 bits per heavy atom. The van der Waals surface area contributed by atoms with E-state index in [9.17, 15) is 0 Å². The summed E-state index contributed by atoms with van der Waals surface area (Å²) in [6.07, 6.45) is 4.45. The Balaban J connectivity index is 1.25. The van der Waals surface area contributed by atoms with E-state index in [0.717, 1.165) is 72.6 Å². The van der Waals surface area contributed by atoms with Gasteiger partial charge in [-0.05, 0) is 58.0 Å². The lowest BCUT2D eigenvalue weighted by Crippen LogP contribution is -2.18. The van der Waals surface area contributed by atoms with Crippen LogP contribution in [0.2, 0.25) is 0 Å². The molecule has 1 aliphatic rings. The quantitative estimate of drug-likeness (QED) is 0.170. The summed E-state index contributed by atoms with van der Waals surface area (Å²) in [6, 6.07) is 67.3. The van der Waals surface area contributed by atoms with Crippen LogP contribution in [0.1, 0.15) is 34.7 Å². The molecule has 0 unspecified atom stereocenters. The van der Waals surface area contributed by atoms with Crippen molar-refractivity contribution in [1.29, 1.82) is 0 Å². The highest BCUT2D eigenvalue weighted by atomic mass is 15.0. The smallest absolute Gasteiger partial charge is 0.164 e. The molecule has 0 bridgehead atoms. The zero-order valence-electron chi connectivity index (χ0n) is 31.0. The number of fused-ring (bicyclic) bond motifs is 1. The Morgan fingerprint density at radius 3 is 1.43 bits per heavy atom. The number of benzene rings is 7. The van der Waals surface area contributed by atoms with E-state index in [0.29, 0.717) is 17.5 Å². The molecule has 9 rings (SSSR count). The summed E-state index contributed by atoms with van der Waals surface area (Å²) in [6.45, 7) is 2.11. The summed E-state index contributed by atoms with van der Waals surface area (Å²) < 4.78 is 0. The van der Waals surface area contributed by atoms with Crippen LogP contribution >= 0.6 is 0 Å². The van der Waals surface area contributed by atoms with Gasteiger partial charge in [0, 0.05) is 33.5 Å². The highest BCUT2D eigenvalue weighted by molar-refractivity contribution is 6.17. The maximum Gasteiger partial charge on any atom is 0.164 e. The summed E-state index contributed by atoms with van der Waals surface area (Å²) in [5.41, 5.74) is 14.9. The van der Waals surface area contributed by atoms with Crippen molar-refractivity contribution in [2.75, 3.05) is 0 Å². The first-order valence-electron chi connectivity index (χ1n) is 18.9. The summed E-state index contributed by atoms with van der Waals surface area (Å²) in [7, 11) is 0. The van der Waals surface area contributed by atoms with Gasteiger partial charge in [0.25, 0.3) is 0 Å². The van der Waals surface area contributed by atoms with E-state index < -0.39 is 0 Å². The molecular formula is C52H38N4. The molecule has 1 aliphatic heterocycles. The molecule has 4 nitrogen and oxygen atoms in total. The van der Waals surface area contributed by atoms with Crippen molar-refractivity contribution in [3.8, 4) is 45.3 Å². The first-order chi connectivity index (χ1) is 27.7. The predicted molar refractivity (Wildman–Crippen MR) is 232 cm³/mol. The van der Waals surface area contributed by atoms with Gasteiger partial charge in [0.15, 0.2) is 17.5 Å². The first kappa shape index (κ1) is 34.3. The average Bonchev–Trinajstić information content (AvgIpc) is 3.29. The molecule has 1 N–H and O–H groups in total. The van der Waals surface area contributed by atoms with Gasteiger partial charge in [-0.25, -0.2) is 15.0 Å². The van der Waals surface area contributed by atoms with Gasteiger partial charge in [0.1, 0.15) is 0 Å². The Bertz CT molecular complexity index is 2720. The van der Waals surface area contributed by atoms with Crippen LogP contribution < -0.4 is 5.32 Å². The SMILES string of the molecule is C/C=C(/C(=C1\NC(c2ccccc2)=Cc2ccc(-c3nc(-c4ccccc4)nc(-c4ccc(-c5ccccc5)cc4)n3)cc21)c1ccccc1)c1ccccc1. The highest BCUT2D eigenvalue weighted by Gasteiger charge is 2.24. The van der Waals surface area contributed by atoms with Crippen molar-refractivity contribution in [2.45, 2.75) is 6.92 Å². The second kappa shape index (κ2) is 15.5. The molecule has 0 saturated carbocycles. The first-order valence-corrected chi connectivity index (χ1v) is 18.9. The minimum Gasteiger partial charge on any atom is -0.354 e. The molecule has 2 heterocycles. The number of hydrogen-bond donors (Lipinski definition) is 1. The highest BCUT2D eigenvalue weighted by Crippen LogP contribution is 2.42. The molecule has 266 valence electrons. The molecule has 56 heavy (non-hydrogen) atoms. The van der Waals surface area contributed by atoms with Crippen LogP contribution in [-0.4, -0.2) is 15.0 Å². The van der Waals surface area contributed by atoms with Gasteiger partial charge < -0.3 is 5.32 Å². The Hall–Kier alpha value is -7.43. The van der Waals surface area contributed by atoms with Gasteiger partial charge in [-0.15, -0.1) is 0 Å². The zero-order valence-corrected chi connectivity index (χ0v) is 31.0. The monoisotopic (exact) mass is 718 g/mol. The lowest BCUT2D eigenvalue weighted by molar-refractivity contribution is 1.07. The second-order valence-electron chi connectivity index (χ2n) is 13.7. The maximum absolute atomic E-state index is 5.15. The van der Waals surface area contributed by atoms with Crippen LogP contribution in [0.5, 0.6) is 0 Å². The fourth-order valence-corrected chi connectivity index (χ4v) is 7.31. The van der Waals surface area contributed by atoms with E-state index in [2.05, 4.69) is 182 Å². The molecule has 8 aromatic rings. The van der Waals surface area contributed by atoms with Crippen LogP contribution in [0.15, 0.2) is 200 Å². The van der Waals surface area contributed by atoms with E-state index in [4.69, 9.17) is 15.0 Å². The third kappa shape index (κ3) is 7.00. The summed E-state index contributed by atoms with van der Waals surface area (Å²) in [5.74, 6) is 1.86. The second-order valence-corrected chi connectivity index (χ2v) is 13.7. The number of aromatic nitrogens is 3. The summed E-state index contributed by atoms with van der Waals surface area (Å²) in [4.78, 5) is 15.3. The molecule has 0 aliphatic carbocycles. The van der Waals surface area contributed by atoms with Crippen molar-refractivity contribution in [1.82, 2.24) is 20.3 Å². The number of nitrogens with zero attached hydrogens (tertiary/aromatic N) is 3. The number of hydrogen-bond acceptors (Lipinski definition) is 4. The fourth-order valence-electron chi connectivity index (χ4n) is 7.31. The predicted octanol–water partition coefficient (Wildman–Crippen LogP) is 12.6. The summed E-state index contributed by atoms with van der Waals surface area (Å²) >= 11 is 0. The van der Waals surface area contributed by atoms with E-state index in [1.54, 1.807) is 0 Å². The summed E-state index contributed by atoms with van der Waals surface area (Å²) in [5, 5.41) is 3.93. The normalized spacial score (nSPS) is 13.3. The topological polar surface area (TPSA) is 50.7 Å². The van der Waals surface area contributed by atoms with Gasteiger partial charge in [0.05, 0.1) is 5.70 Å². The molecule has 0 radical (unpaired) electrons. The van der Waals surface area contributed by atoms with Crippen LogP contribution in [0.4, 0.5) is 0 Å².